The molecule has 1 aromatic carbocycles. The zero-order chi connectivity index (χ0) is 15.9. The van der Waals surface area contributed by atoms with Crippen molar-refractivity contribution in [3.05, 3.63) is 35.6 Å². The van der Waals surface area contributed by atoms with Crippen LogP contribution in [0.4, 0.5) is 9.18 Å². The van der Waals surface area contributed by atoms with E-state index in [1.54, 1.807) is 19.1 Å². The minimum atomic E-state index is -3.19. The van der Waals surface area contributed by atoms with Crippen LogP contribution >= 0.6 is 0 Å². The van der Waals surface area contributed by atoms with Crippen molar-refractivity contribution in [2.24, 2.45) is 0 Å². The molecule has 21 heavy (non-hydrogen) atoms. The van der Waals surface area contributed by atoms with Crippen LogP contribution in [0, 0.1) is 5.82 Å². The van der Waals surface area contributed by atoms with E-state index >= 15 is 0 Å². The zero-order valence-corrected chi connectivity index (χ0v) is 12.8. The lowest BCUT2D eigenvalue weighted by Gasteiger charge is -2.15. The standard InChI is InChI=1S/C13H20FN3O3S/c1-10(11-4-6-12(14)7-5-11)17-13(18)15-8-3-9-16-21(2,19)20/h4-7,10,16H,3,8-9H2,1-2H3,(H2,15,17,18). The third-order valence-corrected chi connectivity index (χ3v) is 3.45. The number of hydrogen-bond acceptors (Lipinski definition) is 3. The van der Waals surface area contributed by atoms with E-state index in [-0.39, 0.29) is 24.4 Å². The third-order valence-electron chi connectivity index (χ3n) is 2.72. The molecule has 6 nitrogen and oxygen atoms in total. The van der Waals surface area contributed by atoms with Crippen molar-refractivity contribution in [3.8, 4) is 0 Å². The number of benzene rings is 1. The molecular formula is C13H20FN3O3S. The fourth-order valence-corrected chi connectivity index (χ4v) is 2.15. The maximum atomic E-state index is 12.8. The van der Waals surface area contributed by atoms with E-state index in [4.69, 9.17) is 0 Å². The number of urea groups is 1. The van der Waals surface area contributed by atoms with Gasteiger partial charge in [-0.2, -0.15) is 0 Å². The van der Waals surface area contributed by atoms with Crippen LogP contribution in [0.15, 0.2) is 24.3 Å². The van der Waals surface area contributed by atoms with E-state index in [2.05, 4.69) is 15.4 Å². The van der Waals surface area contributed by atoms with E-state index in [0.717, 1.165) is 11.8 Å². The highest BCUT2D eigenvalue weighted by Crippen LogP contribution is 2.12. The summed E-state index contributed by atoms with van der Waals surface area (Å²) in [5.74, 6) is -0.325. The molecule has 0 saturated heterocycles. The molecule has 0 radical (unpaired) electrons. The van der Waals surface area contributed by atoms with Crippen LogP contribution in [0.2, 0.25) is 0 Å². The maximum Gasteiger partial charge on any atom is 0.315 e. The van der Waals surface area contributed by atoms with Gasteiger partial charge in [0.2, 0.25) is 10.0 Å². The van der Waals surface area contributed by atoms with E-state index in [0.29, 0.717) is 13.0 Å². The van der Waals surface area contributed by atoms with Gasteiger partial charge in [-0.1, -0.05) is 12.1 Å². The van der Waals surface area contributed by atoms with Gasteiger partial charge in [0, 0.05) is 13.1 Å². The molecule has 1 aromatic rings. The van der Waals surface area contributed by atoms with Gasteiger partial charge in [0.1, 0.15) is 5.82 Å². The van der Waals surface area contributed by atoms with Crippen LogP contribution in [0.5, 0.6) is 0 Å². The molecule has 0 aliphatic carbocycles. The number of carbonyl (C=O) groups excluding carboxylic acids is 1. The van der Waals surface area contributed by atoms with Gasteiger partial charge in [-0.05, 0) is 31.0 Å². The molecule has 8 heteroatoms. The third kappa shape index (κ3) is 7.62. The molecule has 0 heterocycles. The summed E-state index contributed by atoms with van der Waals surface area (Å²) >= 11 is 0. The van der Waals surface area contributed by atoms with Crippen molar-refractivity contribution in [1.29, 1.82) is 0 Å². The highest BCUT2D eigenvalue weighted by Gasteiger charge is 2.09. The predicted octanol–water partition coefficient (Wildman–Crippen LogP) is 1.13. The average molecular weight is 317 g/mol. The molecule has 2 amide bonds. The second-order valence-electron chi connectivity index (χ2n) is 4.69. The molecular weight excluding hydrogens is 297 g/mol. The van der Waals surface area contributed by atoms with Crippen molar-refractivity contribution in [2.75, 3.05) is 19.3 Å². The molecule has 118 valence electrons. The van der Waals surface area contributed by atoms with E-state index in [1.165, 1.54) is 12.1 Å². The van der Waals surface area contributed by atoms with E-state index in [9.17, 15) is 17.6 Å². The molecule has 1 rings (SSSR count). The van der Waals surface area contributed by atoms with Crippen molar-refractivity contribution in [3.63, 3.8) is 0 Å². The zero-order valence-electron chi connectivity index (χ0n) is 12.0. The van der Waals surface area contributed by atoms with Gasteiger partial charge in [-0.15, -0.1) is 0 Å². The normalized spacial score (nSPS) is 12.7. The Kier molecular flexibility index (Phi) is 6.57. The molecule has 0 fully saturated rings. The molecule has 1 unspecified atom stereocenters. The average Bonchev–Trinajstić information content (AvgIpc) is 2.37. The molecule has 0 spiro atoms. The number of carbonyl (C=O) groups is 1. The van der Waals surface area contributed by atoms with Crippen molar-refractivity contribution in [2.45, 2.75) is 19.4 Å². The number of halogens is 1. The summed E-state index contributed by atoms with van der Waals surface area (Å²) in [5.41, 5.74) is 0.797. The summed E-state index contributed by atoms with van der Waals surface area (Å²) in [4.78, 5) is 11.6. The molecule has 0 aliphatic heterocycles. The largest absolute Gasteiger partial charge is 0.338 e. The molecule has 0 bridgehead atoms. The predicted molar refractivity (Wildman–Crippen MR) is 78.8 cm³/mol. The minimum absolute atomic E-state index is 0.250. The van der Waals surface area contributed by atoms with Crippen molar-refractivity contribution < 1.29 is 17.6 Å². The highest BCUT2D eigenvalue weighted by atomic mass is 32.2. The Labute approximate surface area is 124 Å². The quantitative estimate of drug-likeness (QED) is 0.659. The Bertz CT molecular complexity index is 561. The topological polar surface area (TPSA) is 87.3 Å². The first-order valence-corrected chi connectivity index (χ1v) is 8.41. The van der Waals surface area contributed by atoms with Gasteiger partial charge in [0.25, 0.3) is 0 Å². The molecule has 3 N–H and O–H groups in total. The second kappa shape index (κ2) is 7.94. The van der Waals surface area contributed by atoms with Gasteiger partial charge >= 0.3 is 6.03 Å². The Balaban J connectivity index is 2.25. The summed E-state index contributed by atoms with van der Waals surface area (Å²) in [6.45, 7) is 2.41. The number of rotatable bonds is 7. The summed E-state index contributed by atoms with van der Waals surface area (Å²) < 4.78 is 36.8. The fraction of sp³-hybridized carbons (Fsp3) is 0.462. The van der Waals surface area contributed by atoms with Gasteiger partial charge in [-0.25, -0.2) is 22.3 Å². The minimum Gasteiger partial charge on any atom is -0.338 e. The van der Waals surface area contributed by atoms with Crippen LogP contribution < -0.4 is 15.4 Å². The van der Waals surface area contributed by atoms with Crippen LogP contribution in [0.3, 0.4) is 0 Å². The first kappa shape index (κ1) is 17.4. The van der Waals surface area contributed by atoms with Crippen LogP contribution in [0.25, 0.3) is 0 Å². The molecule has 1 atom stereocenters. The first-order valence-electron chi connectivity index (χ1n) is 6.52. The molecule has 0 saturated carbocycles. The van der Waals surface area contributed by atoms with E-state index < -0.39 is 10.0 Å². The lowest BCUT2D eigenvalue weighted by molar-refractivity contribution is 0.238. The first-order chi connectivity index (χ1) is 9.78. The number of amides is 2. The van der Waals surface area contributed by atoms with Crippen molar-refractivity contribution in [1.82, 2.24) is 15.4 Å². The SMILES string of the molecule is CC(NC(=O)NCCCNS(C)(=O)=O)c1ccc(F)cc1. The highest BCUT2D eigenvalue weighted by molar-refractivity contribution is 7.88. The number of hydrogen-bond donors (Lipinski definition) is 3. The van der Waals surface area contributed by atoms with Crippen molar-refractivity contribution >= 4 is 16.1 Å². The summed E-state index contributed by atoms with van der Waals surface area (Å²) in [7, 11) is -3.19. The fourth-order valence-electron chi connectivity index (χ4n) is 1.63. The Morgan fingerprint density at radius 2 is 1.86 bits per heavy atom. The number of sulfonamides is 1. The lowest BCUT2D eigenvalue weighted by atomic mass is 10.1. The second-order valence-corrected chi connectivity index (χ2v) is 6.53. The molecule has 0 aliphatic rings. The van der Waals surface area contributed by atoms with Gasteiger partial charge in [0.05, 0.1) is 12.3 Å². The van der Waals surface area contributed by atoms with Crippen LogP contribution in [0.1, 0.15) is 24.9 Å². The monoisotopic (exact) mass is 317 g/mol. The number of nitrogens with one attached hydrogen (secondary N) is 3. The molecule has 0 aromatic heterocycles. The Morgan fingerprint density at radius 1 is 1.24 bits per heavy atom. The summed E-state index contributed by atoms with van der Waals surface area (Å²) in [5, 5.41) is 5.33. The summed E-state index contributed by atoms with van der Waals surface area (Å²) in [6, 6.07) is 5.28. The van der Waals surface area contributed by atoms with Gasteiger partial charge in [-0.3, -0.25) is 0 Å². The lowest BCUT2D eigenvalue weighted by Crippen LogP contribution is -2.38. The van der Waals surface area contributed by atoms with Crippen LogP contribution in [-0.4, -0.2) is 33.8 Å². The van der Waals surface area contributed by atoms with Gasteiger partial charge < -0.3 is 10.6 Å². The Morgan fingerprint density at radius 3 is 2.43 bits per heavy atom. The summed E-state index contributed by atoms with van der Waals surface area (Å²) in [6.07, 6.45) is 1.57. The maximum absolute atomic E-state index is 12.8. The smallest absolute Gasteiger partial charge is 0.315 e. The van der Waals surface area contributed by atoms with Gasteiger partial charge in [0.15, 0.2) is 0 Å². The van der Waals surface area contributed by atoms with E-state index in [1.807, 2.05) is 0 Å². The van der Waals surface area contributed by atoms with Crippen LogP contribution in [-0.2, 0) is 10.0 Å². The Hall–Kier alpha value is -1.67.